The summed E-state index contributed by atoms with van der Waals surface area (Å²) in [6.45, 7) is 4.74. The van der Waals surface area contributed by atoms with Crippen LogP contribution in [0.1, 0.15) is 29.7 Å². The minimum absolute atomic E-state index is 0.0985. The molecule has 0 aliphatic carbocycles. The maximum atomic E-state index is 13.6. The summed E-state index contributed by atoms with van der Waals surface area (Å²) in [5.41, 5.74) is 4.52. The van der Waals surface area contributed by atoms with E-state index in [-0.39, 0.29) is 18.2 Å². The number of carbonyl (C=O) groups is 2. The summed E-state index contributed by atoms with van der Waals surface area (Å²) < 4.78 is 1.04. The maximum Gasteiger partial charge on any atom is 0.239 e. The van der Waals surface area contributed by atoms with Crippen molar-refractivity contribution >= 4 is 60.7 Å². The first kappa shape index (κ1) is 20.8. The Bertz CT molecular complexity index is 1270. The van der Waals surface area contributed by atoms with Crippen LogP contribution in [0.3, 0.4) is 0 Å². The van der Waals surface area contributed by atoms with Gasteiger partial charge in [0.05, 0.1) is 28.0 Å². The Labute approximate surface area is 194 Å². The number of benzene rings is 2. The zero-order valence-corrected chi connectivity index (χ0v) is 19.5. The van der Waals surface area contributed by atoms with Crippen molar-refractivity contribution < 1.29 is 9.59 Å². The van der Waals surface area contributed by atoms with Crippen LogP contribution in [-0.2, 0) is 16.0 Å². The predicted molar refractivity (Wildman–Crippen MR) is 130 cm³/mol. The van der Waals surface area contributed by atoms with Crippen LogP contribution in [-0.4, -0.2) is 28.3 Å². The van der Waals surface area contributed by atoms with Gasteiger partial charge in [0.25, 0.3) is 0 Å². The molecule has 0 bridgehead atoms. The van der Waals surface area contributed by atoms with Crippen molar-refractivity contribution in [3.8, 4) is 0 Å². The van der Waals surface area contributed by atoms with Crippen LogP contribution in [0, 0.1) is 13.8 Å². The summed E-state index contributed by atoms with van der Waals surface area (Å²) in [4.78, 5) is 38.4. The van der Waals surface area contributed by atoms with Crippen molar-refractivity contribution in [1.82, 2.24) is 9.97 Å². The van der Waals surface area contributed by atoms with E-state index in [1.807, 2.05) is 55.6 Å². The highest BCUT2D eigenvalue weighted by Gasteiger charge is 2.26. The second-order valence-corrected chi connectivity index (χ2v) is 9.83. The number of fused-ring (bicyclic) bond motifs is 1. The van der Waals surface area contributed by atoms with Crippen LogP contribution in [0.15, 0.2) is 47.8 Å². The van der Waals surface area contributed by atoms with Gasteiger partial charge < -0.3 is 0 Å². The lowest BCUT2D eigenvalue weighted by Gasteiger charge is -2.21. The molecule has 8 heteroatoms. The third-order valence-corrected chi connectivity index (χ3v) is 7.30. The van der Waals surface area contributed by atoms with Crippen molar-refractivity contribution in [2.75, 3.05) is 16.3 Å². The van der Waals surface area contributed by atoms with Crippen LogP contribution in [0.4, 0.5) is 16.0 Å². The first-order valence-electron chi connectivity index (χ1n) is 10.5. The largest absolute Gasteiger partial charge is 0.288 e. The Balaban J connectivity index is 1.49. The molecule has 2 aromatic heterocycles. The average Bonchev–Trinajstić information content (AvgIpc) is 3.46. The molecule has 162 valence electrons. The normalized spacial score (nSPS) is 13.8. The summed E-state index contributed by atoms with van der Waals surface area (Å²) in [5, 5.41) is 3.19. The van der Waals surface area contributed by atoms with Crippen molar-refractivity contribution in [3.63, 3.8) is 0 Å². The number of aromatic nitrogens is 2. The minimum atomic E-state index is -0.0985. The second kappa shape index (κ2) is 8.44. The molecule has 0 saturated carbocycles. The minimum Gasteiger partial charge on any atom is -0.288 e. The Morgan fingerprint density at radius 2 is 1.91 bits per heavy atom. The summed E-state index contributed by atoms with van der Waals surface area (Å²) in [6, 6.07) is 14.0. The van der Waals surface area contributed by atoms with E-state index in [2.05, 4.69) is 11.1 Å². The fourth-order valence-corrected chi connectivity index (χ4v) is 5.85. The van der Waals surface area contributed by atoms with Crippen molar-refractivity contribution in [2.24, 2.45) is 0 Å². The molecule has 5 rings (SSSR count). The molecule has 3 heterocycles. The summed E-state index contributed by atoms with van der Waals surface area (Å²) in [7, 11) is 0. The van der Waals surface area contributed by atoms with Gasteiger partial charge >= 0.3 is 0 Å². The molecule has 0 radical (unpaired) electrons. The van der Waals surface area contributed by atoms with Gasteiger partial charge in [0, 0.05) is 18.3 Å². The van der Waals surface area contributed by atoms with E-state index in [9.17, 15) is 9.59 Å². The fraction of sp³-hybridized carbons (Fsp3) is 0.250. The molecule has 0 N–H and O–H groups in total. The first-order chi connectivity index (χ1) is 15.5. The van der Waals surface area contributed by atoms with E-state index in [4.69, 9.17) is 4.98 Å². The molecule has 2 aromatic carbocycles. The van der Waals surface area contributed by atoms with Gasteiger partial charge in [0.1, 0.15) is 0 Å². The molecular formula is C24H22N4O2S2. The number of nitrogens with zero attached hydrogens (tertiary/aromatic N) is 4. The van der Waals surface area contributed by atoms with Gasteiger partial charge in [0.2, 0.25) is 11.8 Å². The van der Waals surface area contributed by atoms with E-state index < -0.39 is 0 Å². The van der Waals surface area contributed by atoms with Gasteiger partial charge in [0.15, 0.2) is 10.3 Å². The molecule has 0 unspecified atom stereocenters. The number of para-hydroxylation sites is 1. The molecular weight excluding hydrogens is 440 g/mol. The predicted octanol–water partition coefficient (Wildman–Crippen LogP) is 5.40. The SMILES string of the molecule is Cc1cc(C)cc(N(C(=O)Cc2csc(N3CCCC3=O)n2)c2nc3ccccc3s2)c1. The third kappa shape index (κ3) is 4.03. The van der Waals surface area contributed by atoms with E-state index in [0.29, 0.717) is 28.9 Å². The quantitative estimate of drug-likeness (QED) is 0.398. The molecule has 2 amide bonds. The van der Waals surface area contributed by atoms with Crippen LogP contribution < -0.4 is 9.80 Å². The highest BCUT2D eigenvalue weighted by molar-refractivity contribution is 7.22. The molecule has 1 saturated heterocycles. The number of hydrogen-bond acceptors (Lipinski definition) is 6. The van der Waals surface area contributed by atoms with E-state index in [1.54, 1.807) is 9.80 Å². The molecule has 4 aromatic rings. The highest BCUT2D eigenvalue weighted by atomic mass is 32.1. The number of thiazole rings is 2. The molecule has 32 heavy (non-hydrogen) atoms. The van der Waals surface area contributed by atoms with Crippen molar-refractivity contribution in [1.29, 1.82) is 0 Å². The number of hydrogen-bond donors (Lipinski definition) is 0. The van der Waals surface area contributed by atoms with Crippen LogP contribution in [0.5, 0.6) is 0 Å². The van der Waals surface area contributed by atoms with Crippen LogP contribution in [0.2, 0.25) is 0 Å². The van der Waals surface area contributed by atoms with Crippen LogP contribution >= 0.6 is 22.7 Å². The van der Waals surface area contributed by atoms with Gasteiger partial charge in [-0.15, -0.1) is 11.3 Å². The third-order valence-electron chi connectivity index (χ3n) is 5.36. The number of aryl methyl sites for hydroxylation is 2. The van der Waals surface area contributed by atoms with Crippen molar-refractivity contribution in [3.05, 3.63) is 64.7 Å². The Morgan fingerprint density at radius 3 is 2.62 bits per heavy atom. The highest BCUT2D eigenvalue weighted by Crippen LogP contribution is 2.35. The number of rotatable bonds is 5. The topological polar surface area (TPSA) is 66.4 Å². The number of anilines is 3. The molecule has 1 fully saturated rings. The second-order valence-electron chi connectivity index (χ2n) is 7.99. The average molecular weight is 463 g/mol. The molecule has 1 aliphatic rings. The molecule has 6 nitrogen and oxygen atoms in total. The number of amides is 2. The van der Waals surface area contributed by atoms with Gasteiger partial charge in [-0.2, -0.15) is 0 Å². The Kier molecular flexibility index (Phi) is 5.48. The summed E-state index contributed by atoms with van der Waals surface area (Å²) in [6.07, 6.45) is 1.55. The van der Waals surface area contributed by atoms with Gasteiger partial charge in [-0.25, -0.2) is 9.97 Å². The smallest absolute Gasteiger partial charge is 0.239 e. The maximum absolute atomic E-state index is 13.6. The Hall–Kier alpha value is -3.10. The summed E-state index contributed by atoms with van der Waals surface area (Å²) >= 11 is 2.91. The van der Waals surface area contributed by atoms with Crippen LogP contribution in [0.25, 0.3) is 10.2 Å². The standard InChI is InChI=1S/C24H22N4O2S2/c1-15-10-16(2)12-18(11-15)28(24-26-19-6-3-4-7-20(19)32-24)22(30)13-17-14-31-23(25-17)27-9-5-8-21(27)29/h3-4,6-7,10-12,14H,5,8-9,13H2,1-2H3. The molecule has 1 aliphatic heterocycles. The molecule has 0 atom stereocenters. The first-order valence-corrected chi connectivity index (χ1v) is 12.2. The summed E-state index contributed by atoms with van der Waals surface area (Å²) in [5.74, 6) is 0.00205. The zero-order chi connectivity index (χ0) is 22.2. The van der Waals surface area contributed by atoms with E-state index >= 15 is 0 Å². The lowest BCUT2D eigenvalue weighted by molar-refractivity contribution is -0.117. The van der Waals surface area contributed by atoms with E-state index in [0.717, 1.165) is 33.5 Å². The monoisotopic (exact) mass is 462 g/mol. The van der Waals surface area contributed by atoms with E-state index in [1.165, 1.54) is 22.7 Å². The fourth-order valence-electron chi connectivity index (χ4n) is 3.98. The lowest BCUT2D eigenvalue weighted by atomic mass is 10.1. The Morgan fingerprint density at radius 1 is 1.12 bits per heavy atom. The zero-order valence-electron chi connectivity index (χ0n) is 17.9. The van der Waals surface area contributed by atoms with Gasteiger partial charge in [-0.05, 0) is 55.7 Å². The van der Waals surface area contributed by atoms with Gasteiger partial charge in [-0.1, -0.05) is 29.5 Å². The van der Waals surface area contributed by atoms with Crippen molar-refractivity contribution in [2.45, 2.75) is 33.1 Å². The number of carbonyl (C=O) groups excluding carboxylic acids is 2. The van der Waals surface area contributed by atoms with Gasteiger partial charge in [-0.3, -0.25) is 19.4 Å². The lowest BCUT2D eigenvalue weighted by Crippen LogP contribution is -2.28. The molecule has 0 spiro atoms.